The van der Waals surface area contributed by atoms with E-state index in [1.807, 2.05) is 13.8 Å². The lowest BCUT2D eigenvalue weighted by Gasteiger charge is -2.04. The molecule has 1 rings (SSSR count). The van der Waals surface area contributed by atoms with Crippen molar-refractivity contribution in [1.82, 2.24) is 10.6 Å². The molecule has 0 radical (unpaired) electrons. The van der Waals surface area contributed by atoms with Crippen molar-refractivity contribution in [2.24, 2.45) is 0 Å². The highest BCUT2D eigenvalue weighted by Crippen LogP contribution is 2.12. The summed E-state index contributed by atoms with van der Waals surface area (Å²) >= 11 is 0. The predicted molar refractivity (Wildman–Crippen MR) is 66.3 cm³/mol. The van der Waals surface area contributed by atoms with Crippen molar-refractivity contribution in [3.8, 4) is 0 Å². The molecule has 0 aliphatic heterocycles. The monoisotopic (exact) mass is 246 g/mol. The summed E-state index contributed by atoms with van der Waals surface area (Å²) in [6, 6.07) is 1.76. The number of hydrogen-bond acceptors (Lipinski definition) is 3. The van der Waals surface area contributed by atoms with Crippen LogP contribution >= 0.6 is 12.4 Å². The molecule has 0 saturated heterocycles. The van der Waals surface area contributed by atoms with E-state index in [9.17, 15) is 4.79 Å². The summed E-state index contributed by atoms with van der Waals surface area (Å²) in [6.45, 7) is 8.01. The molecular weight excluding hydrogens is 228 g/mol. The van der Waals surface area contributed by atoms with Crippen LogP contribution in [0.25, 0.3) is 0 Å². The van der Waals surface area contributed by atoms with Gasteiger partial charge in [0.2, 0.25) is 0 Å². The van der Waals surface area contributed by atoms with Crippen molar-refractivity contribution >= 4 is 18.3 Å². The molecule has 16 heavy (non-hydrogen) atoms. The molecule has 0 fully saturated rings. The van der Waals surface area contributed by atoms with Crippen molar-refractivity contribution < 1.29 is 9.21 Å². The quantitative estimate of drug-likeness (QED) is 0.777. The molecule has 2 N–H and O–H groups in total. The lowest BCUT2D eigenvalue weighted by atomic mass is 10.2. The van der Waals surface area contributed by atoms with E-state index in [0.29, 0.717) is 17.9 Å². The molecule has 0 aliphatic rings. The van der Waals surface area contributed by atoms with Gasteiger partial charge in [-0.3, -0.25) is 4.79 Å². The Hall–Kier alpha value is -1.00. The number of halogens is 1. The van der Waals surface area contributed by atoms with Gasteiger partial charge in [-0.05, 0) is 26.5 Å². The Morgan fingerprint density at radius 1 is 1.38 bits per heavy atom. The SMILES string of the molecule is CCNCCNC(=O)c1cc(C)oc1C.Cl. The number of aryl methyl sites for hydroxylation is 2. The topological polar surface area (TPSA) is 54.3 Å². The Balaban J connectivity index is 0.00000225. The van der Waals surface area contributed by atoms with Crippen LogP contribution in [-0.4, -0.2) is 25.5 Å². The van der Waals surface area contributed by atoms with E-state index >= 15 is 0 Å². The van der Waals surface area contributed by atoms with Gasteiger partial charge < -0.3 is 15.1 Å². The Morgan fingerprint density at radius 3 is 2.56 bits per heavy atom. The van der Waals surface area contributed by atoms with Crippen LogP contribution < -0.4 is 10.6 Å². The molecule has 0 atom stereocenters. The van der Waals surface area contributed by atoms with Gasteiger partial charge in [0.15, 0.2) is 0 Å². The van der Waals surface area contributed by atoms with E-state index in [4.69, 9.17) is 4.42 Å². The van der Waals surface area contributed by atoms with Gasteiger partial charge in [0, 0.05) is 13.1 Å². The first kappa shape index (κ1) is 15.0. The number of carbonyl (C=O) groups excluding carboxylic acids is 1. The molecule has 0 aliphatic carbocycles. The molecule has 0 aromatic carbocycles. The summed E-state index contributed by atoms with van der Waals surface area (Å²) in [6.07, 6.45) is 0. The zero-order chi connectivity index (χ0) is 11.3. The van der Waals surface area contributed by atoms with Crippen LogP contribution in [0.15, 0.2) is 10.5 Å². The maximum Gasteiger partial charge on any atom is 0.254 e. The highest BCUT2D eigenvalue weighted by molar-refractivity contribution is 5.95. The van der Waals surface area contributed by atoms with Crippen LogP contribution in [-0.2, 0) is 0 Å². The molecule has 1 heterocycles. The number of furan rings is 1. The minimum absolute atomic E-state index is 0. The largest absolute Gasteiger partial charge is 0.466 e. The maximum absolute atomic E-state index is 11.6. The second-order valence-electron chi connectivity index (χ2n) is 3.44. The second kappa shape index (κ2) is 7.30. The second-order valence-corrected chi connectivity index (χ2v) is 3.44. The van der Waals surface area contributed by atoms with Gasteiger partial charge in [-0.1, -0.05) is 6.92 Å². The molecule has 92 valence electrons. The maximum atomic E-state index is 11.6. The van der Waals surface area contributed by atoms with Crippen LogP contribution in [0, 0.1) is 13.8 Å². The minimum atomic E-state index is -0.0674. The first-order chi connectivity index (χ1) is 7.15. The standard InChI is InChI=1S/C11H18N2O2.ClH/c1-4-12-5-6-13-11(14)10-7-8(2)15-9(10)3;/h7,12H,4-6H2,1-3H3,(H,13,14);1H. The first-order valence-electron chi connectivity index (χ1n) is 5.21. The molecule has 4 nitrogen and oxygen atoms in total. The summed E-state index contributed by atoms with van der Waals surface area (Å²) < 4.78 is 5.29. The third-order valence-electron chi connectivity index (χ3n) is 2.12. The van der Waals surface area contributed by atoms with Gasteiger partial charge in [0.05, 0.1) is 5.56 Å². The van der Waals surface area contributed by atoms with E-state index in [0.717, 1.165) is 18.8 Å². The van der Waals surface area contributed by atoms with Crippen LogP contribution in [0.2, 0.25) is 0 Å². The molecule has 1 amide bonds. The number of carbonyl (C=O) groups is 1. The summed E-state index contributed by atoms with van der Waals surface area (Å²) in [4.78, 5) is 11.6. The Kier molecular flexibility index (Phi) is 6.85. The van der Waals surface area contributed by atoms with E-state index in [1.54, 1.807) is 13.0 Å². The summed E-state index contributed by atoms with van der Waals surface area (Å²) in [5.74, 6) is 1.38. The van der Waals surface area contributed by atoms with Gasteiger partial charge in [-0.15, -0.1) is 12.4 Å². The molecule has 0 spiro atoms. The van der Waals surface area contributed by atoms with E-state index in [2.05, 4.69) is 10.6 Å². The highest BCUT2D eigenvalue weighted by Gasteiger charge is 2.12. The third-order valence-corrected chi connectivity index (χ3v) is 2.12. The highest BCUT2D eigenvalue weighted by atomic mass is 35.5. The summed E-state index contributed by atoms with van der Waals surface area (Å²) in [7, 11) is 0. The number of hydrogen-bond donors (Lipinski definition) is 2. The fourth-order valence-electron chi connectivity index (χ4n) is 1.39. The molecule has 0 bridgehead atoms. The lowest BCUT2D eigenvalue weighted by molar-refractivity contribution is 0.0952. The Bertz CT molecular complexity index is 337. The first-order valence-corrected chi connectivity index (χ1v) is 5.21. The summed E-state index contributed by atoms with van der Waals surface area (Å²) in [5, 5.41) is 5.96. The van der Waals surface area contributed by atoms with Gasteiger partial charge in [-0.25, -0.2) is 0 Å². The van der Waals surface area contributed by atoms with Crippen LogP contribution in [0.1, 0.15) is 28.8 Å². The smallest absolute Gasteiger partial charge is 0.254 e. The van der Waals surface area contributed by atoms with Crippen LogP contribution in [0.5, 0.6) is 0 Å². The van der Waals surface area contributed by atoms with Gasteiger partial charge in [0.1, 0.15) is 11.5 Å². The molecule has 1 aromatic rings. The van der Waals surface area contributed by atoms with Crippen molar-refractivity contribution in [2.45, 2.75) is 20.8 Å². The molecule has 0 unspecified atom stereocenters. The van der Waals surface area contributed by atoms with Crippen molar-refractivity contribution in [2.75, 3.05) is 19.6 Å². The number of rotatable bonds is 5. The van der Waals surface area contributed by atoms with Crippen molar-refractivity contribution in [3.05, 3.63) is 23.2 Å². The molecule has 1 aromatic heterocycles. The van der Waals surface area contributed by atoms with Gasteiger partial charge in [0.25, 0.3) is 5.91 Å². The number of likely N-dealkylation sites (N-methyl/N-ethyl adjacent to an activating group) is 1. The average molecular weight is 247 g/mol. The fraction of sp³-hybridized carbons (Fsp3) is 0.545. The van der Waals surface area contributed by atoms with Gasteiger partial charge >= 0.3 is 0 Å². The molecule has 0 saturated carbocycles. The Labute approximate surface area is 102 Å². The molecule has 5 heteroatoms. The Morgan fingerprint density at radius 2 is 2.06 bits per heavy atom. The van der Waals surface area contributed by atoms with E-state index in [-0.39, 0.29) is 18.3 Å². The number of nitrogens with one attached hydrogen (secondary N) is 2. The van der Waals surface area contributed by atoms with Crippen molar-refractivity contribution in [3.63, 3.8) is 0 Å². The minimum Gasteiger partial charge on any atom is -0.466 e. The zero-order valence-electron chi connectivity index (χ0n) is 9.92. The van der Waals surface area contributed by atoms with Gasteiger partial charge in [-0.2, -0.15) is 0 Å². The normalized spacial score (nSPS) is 9.69. The van der Waals surface area contributed by atoms with Crippen molar-refractivity contribution in [1.29, 1.82) is 0 Å². The predicted octanol–water partition coefficient (Wildman–Crippen LogP) is 1.66. The fourth-order valence-corrected chi connectivity index (χ4v) is 1.39. The van der Waals surface area contributed by atoms with Crippen LogP contribution in [0.3, 0.4) is 0 Å². The summed E-state index contributed by atoms with van der Waals surface area (Å²) in [5.41, 5.74) is 0.629. The average Bonchev–Trinajstić information content (AvgIpc) is 2.52. The molecular formula is C11H19ClN2O2. The lowest BCUT2D eigenvalue weighted by Crippen LogP contribution is -2.31. The van der Waals surface area contributed by atoms with Crippen LogP contribution in [0.4, 0.5) is 0 Å². The zero-order valence-corrected chi connectivity index (χ0v) is 10.7. The van der Waals surface area contributed by atoms with E-state index < -0.39 is 0 Å². The third kappa shape index (κ3) is 4.24. The number of amides is 1. The van der Waals surface area contributed by atoms with E-state index in [1.165, 1.54) is 0 Å².